The summed E-state index contributed by atoms with van der Waals surface area (Å²) < 4.78 is 50.7. The van der Waals surface area contributed by atoms with Crippen LogP contribution < -0.4 is 10.1 Å². The summed E-state index contributed by atoms with van der Waals surface area (Å²) in [7, 11) is 1.86. The quantitative estimate of drug-likeness (QED) is 0.426. The highest BCUT2D eigenvalue weighted by Crippen LogP contribution is 2.32. The van der Waals surface area contributed by atoms with Gasteiger partial charge in [-0.25, -0.2) is 0 Å². The van der Waals surface area contributed by atoms with Gasteiger partial charge in [-0.15, -0.1) is 0 Å². The molecule has 9 nitrogen and oxygen atoms in total. The van der Waals surface area contributed by atoms with Gasteiger partial charge in [0.05, 0.1) is 37.0 Å². The summed E-state index contributed by atoms with van der Waals surface area (Å²) in [5.41, 5.74) is 0.800. The van der Waals surface area contributed by atoms with E-state index in [9.17, 15) is 27.9 Å². The highest BCUT2D eigenvalue weighted by atomic mass is 19.4. The Morgan fingerprint density at radius 1 is 1.16 bits per heavy atom. The van der Waals surface area contributed by atoms with E-state index in [0.717, 1.165) is 30.8 Å². The van der Waals surface area contributed by atoms with Crippen LogP contribution in [0.5, 0.6) is 5.75 Å². The number of morpholine rings is 1. The van der Waals surface area contributed by atoms with Gasteiger partial charge in [0.2, 0.25) is 5.91 Å². The molecule has 2 aliphatic rings. The lowest BCUT2D eigenvalue weighted by molar-refractivity contribution is -0.137. The third-order valence-corrected chi connectivity index (χ3v) is 7.93. The zero-order valence-electron chi connectivity index (χ0n) is 24.9. The Labute approximate surface area is 250 Å². The lowest BCUT2D eigenvalue weighted by atomic mass is 9.99. The number of aliphatic hydroxyl groups is 1. The molecule has 12 heteroatoms. The molecular formula is C31H41F3N4O5. The number of hydrogen-bond donors (Lipinski definition) is 2. The molecule has 0 radical (unpaired) electrons. The topological polar surface area (TPSA) is 94.6 Å². The van der Waals surface area contributed by atoms with E-state index in [1.807, 2.05) is 18.9 Å². The van der Waals surface area contributed by atoms with Gasteiger partial charge in [-0.1, -0.05) is 19.1 Å². The maximum absolute atomic E-state index is 13.7. The molecule has 2 N–H and O–H groups in total. The number of likely N-dealkylation sites (N-methyl/N-ethyl adjacent to an activating group) is 1. The molecule has 3 atom stereocenters. The highest BCUT2D eigenvalue weighted by Gasteiger charge is 2.34. The van der Waals surface area contributed by atoms with Crippen LogP contribution in [0.2, 0.25) is 0 Å². The average Bonchev–Trinajstić information content (AvgIpc) is 2.98. The second kappa shape index (κ2) is 14.5. The van der Waals surface area contributed by atoms with Crippen molar-refractivity contribution in [2.75, 3.05) is 64.9 Å². The van der Waals surface area contributed by atoms with Crippen LogP contribution in [0.3, 0.4) is 0 Å². The minimum atomic E-state index is -4.39. The Morgan fingerprint density at radius 2 is 1.86 bits per heavy atom. The van der Waals surface area contributed by atoms with E-state index in [-0.39, 0.29) is 36.0 Å². The maximum atomic E-state index is 13.7. The number of rotatable bonds is 10. The summed E-state index contributed by atoms with van der Waals surface area (Å²) in [5.74, 6) is -0.223. The maximum Gasteiger partial charge on any atom is 0.416 e. The molecule has 43 heavy (non-hydrogen) atoms. The first-order valence-corrected chi connectivity index (χ1v) is 14.6. The Bertz CT molecular complexity index is 1240. The third-order valence-electron chi connectivity index (χ3n) is 7.93. The fourth-order valence-corrected chi connectivity index (χ4v) is 5.31. The molecule has 0 bridgehead atoms. The van der Waals surface area contributed by atoms with E-state index in [2.05, 4.69) is 10.2 Å². The summed E-state index contributed by atoms with van der Waals surface area (Å²) >= 11 is 0. The van der Waals surface area contributed by atoms with Crippen LogP contribution in [0.15, 0.2) is 42.5 Å². The van der Waals surface area contributed by atoms with Crippen molar-refractivity contribution in [1.29, 1.82) is 0 Å². The van der Waals surface area contributed by atoms with Gasteiger partial charge in [-0.3, -0.25) is 19.4 Å². The molecule has 2 aromatic rings. The molecular weight excluding hydrogens is 565 g/mol. The summed E-state index contributed by atoms with van der Waals surface area (Å²) in [6, 6.07) is 9.63. The SMILES string of the molecule is C[C@H]1CN([C@@H](C)CO)C(=O)c2cc(NC(=O)CCN3CCOCC3)ccc2O[C@@H]1CN(C)Cc1ccc(C(F)(F)F)cc1. The minimum Gasteiger partial charge on any atom is -0.488 e. The van der Waals surface area contributed by atoms with Crippen molar-refractivity contribution in [3.8, 4) is 5.75 Å². The molecule has 0 spiro atoms. The number of halogens is 3. The fraction of sp³-hybridized carbons (Fsp3) is 0.548. The molecule has 0 unspecified atom stereocenters. The monoisotopic (exact) mass is 606 g/mol. The first-order valence-electron chi connectivity index (χ1n) is 14.6. The lowest BCUT2D eigenvalue weighted by Gasteiger charge is -2.38. The van der Waals surface area contributed by atoms with Crippen LogP contribution in [-0.2, 0) is 22.3 Å². The van der Waals surface area contributed by atoms with Crippen molar-refractivity contribution in [3.05, 3.63) is 59.2 Å². The minimum absolute atomic E-state index is 0.124. The number of ether oxygens (including phenoxy) is 2. The molecule has 1 fully saturated rings. The van der Waals surface area contributed by atoms with Crippen LogP contribution in [0.25, 0.3) is 0 Å². The number of nitrogens with zero attached hydrogens (tertiary/aromatic N) is 3. The third kappa shape index (κ3) is 8.91. The first-order chi connectivity index (χ1) is 20.4. The van der Waals surface area contributed by atoms with E-state index in [0.29, 0.717) is 57.3 Å². The molecule has 2 aliphatic heterocycles. The number of alkyl halides is 3. The van der Waals surface area contributed by atoms with Crippen molar-refractivity contribution in [1.82, 2.24) is 14.7 Å². The van der Waals surface area contributed by atoms with E-state index in [4.69, 9.17) is 9.47 Å². The Balaban J connectivity index is 1.48. The predicted molar refractivity (Wildman–Crippen MR) is 156 cm³/mol. The van der Waals surface area contributed by atoms with Crippen LogP contribution in [0, 0.1) is 5.92 Å². The Morgan fingerprint density at radius 3 is 2.51 bits per heavy atom. The summed E-state index contributed by atoms with van der Waals surface area (Å²) in [6.45, 7) is 8.20. The molecule has 2 aromatic carbocycles. The smallest absolute Gasteiger partial charge is 0.416 e. The normalized spacial score (nSPS) is 20.7. The molecule has 2 heterocycles. The summed E-state index contributed by atoms with van der Waals surface area (Å²) in [5, 5.41) is 12.8. The van der Waals surface area contributed by atoms with Gasteiger partial charge in [0.1, 0.15) is 11.9 Å². The summed E-state index contributed by atoms with van der Waals surface area (Å²) in [6.07, 6.45) is -4.45. The molecule has 0 saturated carbocycles. The molecule has 0 aliphatic carbocycles. The van der Waals surface area contributed by atoms with Crippen molar-refractivity contribution < 1.29 is 37.3 Å². The lowest BCUT2D eigenvalue weighted by Crippen LogP contribution is -2.49. The van der Waals surface area contributed by atoms with Gasteiger partial charge in [-0.05, 0) is 49.9 Å². The second-order valence-electron chi connectivity index (χ2n) is 11.5. The number of benzene rings is 2. The van der Waals surface area contributed by atoms with Crippen molar-refractivity contribution in [3.63, 3.8) is 0 Å². The highest BCUT2D eigenvalue weighted by molar-refractivity contribution is 6.00. The van der Waals surface area contributed by atoms with Gasteiger partial charge in [0.25, 0.3) is 5.91 Å². The predicted octanol–water partition coefficient (Wildman–Crippen LogP) is 3.72. The number of hydrogen-bond acceptors (Lipinski definition) is 7. The molecule has 2 amide bonds. The van der Waals surface area contributed by atoms with Gasteiger partial charge in [0.15, 0.2) is 0 Å². The number of nitrogens with one attached hydrogen (secondary N) is 1. The molecule has 4 rings (SSSR count). The molecule has 0 aromatic heterocycles. The van der Waals surface area contributed by atoms with Crippen molar-refractivity contribution in [2.45, 2.75) is 45.1 Å². The fourth-order valence-electron chi connectivity index (χ4n) is 5.31. The first kappa shape index (κ1) is 32.7. The second-order valence-corrected chi connectivity index (χ2v) is 11.5. The van der Waals surface area contributed by atoms with Crippen molar-refractivity contribution in [2.24, 2.45) is 5.92 Å². The Hall–Kier alpha value is -3.19. The van der Waals surface area contributed by atoms with Crippen LogP contribution >= 0.6 is 0 Å². The van der Waals surface area contributed by atoms with Gasteiger partial charge in [-0.2, -0.15) is 13.2 Å². The Kier molecular flexibility index (Phi) is 11.0. The number of carbonyl (C=O) groups excluding carboxylic acids is 2. The van der Waals surface area contributed by atoms with E-state index in [1.54, 1.807) is 30.0 Å². The van der Waals surface area contributed by atoms with E-state index < -0.39 is 17.8 Å². The largest absolute Gasteiger partial charge is 0.488 e. The number of fused-ring (bicyclic) bond motifs is 1. The van der Waals surface area contributed by atoms with Gasteiger partial charge < -0.3 is 24.8 Å². The number of carbonyl (C=O) groups is 2. The number of anilines is 1. The van der Waals surface area contributed by atoms with Crippen LogP contribution in [0.4, 0.5) is 18.9 Å². The van der Waals surface area contributed by atoms with E-state index in [1.165, 1.54) is 12.1 Å². The van der Waals surface area contributed by atoms with Gasteiger partial charge in [0, 0.05) is 57.3 Å². The zero-order valence-corrected chi connectivity index (χ0v) is 24.9. The summed E-state index contributed by atoms with van der Waals surface area (Å²) in [4.78, 5) is 32.1. The van der Waals surface area contributed by atoms with Crippen LogP contribution in [0.1, 0.15) is 41.8 Å². The van der Waals surface area contributed by atoms with Crippen LogP contribution in [-0.4, -0.2) is 103 Å². The van der Waals surface area contributed by atoms with Gasteiger partial charge >= 0.3 is 6.18 Å². The van der Waals surface area contributed by atoms with E-state index >= 15 is 0 Å². The molecule has 1 saturated heterocycles. The standard InChI is InChI=1S/C31H41F3N4O5/c1-21-17-38(22(2)20-39)30(41)26-16-25(35-29(40)10-11-37-12-14-42-15-13-37)8-9-27(26)43-28(21)19-36(3)18-23-4-6-24(7-5-23)31(32,33)34/h4-9,16,21-22,28,39H,10-15,17-20H2,1-3H3,(H,35,40)/t21-,22-,28+/m0/s1. The van der Waals surface area contributed by atoms with Crippen molar-refractivity contribution >= 4 is 17.5 Å². The molecule has 236 valence electrons. The zero-order chi connectivity index (χ0) is 31.1. The number of aliphatic hydroxyl groups excluding tert-OH is 1. The number of amides is 2. The average molecular weight is 607 g/mol.